The molecule has 0 radical (unpaired) electrons. The summed E-state index contributed by atoms with van der Waals surface area (Å²) < 4.78 is 0. The van der Waals surface area contributed by atoms with Gasteiger partial charge in [0.15, 0.2) is 0 Å². The fraction of sp³-hybridized carbons (Fsp3) is 0.692. The van der Waals surface area contributed by atoms with Crippen LogP contribution in [-0.2, 0) is 22.4 Å². The van der Waals surface area contributed by atoms with Crippen molar-refractivity contribution in [3.8, 4) is 0 Å². The van der Waals surface area contributed by atoms with Crippen molar-refractivity contribution < 1.29 is 19.8 Å². The highest BCUT2D eigenvalue weighted by molar-refractivity contribution is 6.31. The second-order valence-corrected chi connectivity index (χ2v) is 9.02. The molecule has 0 unspecified atom stereocenters. The van der Waals surface area contributed by atoms with Crippen LogP contribution in [0.3, 0.4) is 0 Å². The maximum Gasteiger partial charge on any atom is 0.303 e. The number of halogens is 1. The van der Waals surface area contributed by atoms with Crippen LogP contribution < -0.4 is 0 Å². The van der Waals surface area contributed by atoms with Crippen molar-refractivity contribution >= 4 is 23.5 Å². The summed E-state index contributed by atoms with van der Waals surface area (Å²) in [5, 5.41) is 18.2. The summed E-state index contributed by atoms with van der Waals surface area (Å²) in [6.45, 7) is 0. The standard InChI is InChI=1S/C26H41ClO4/c27-24-19-15-17-22(16-11-7-3-1-5-9-13-20-25(28)29)23(24)18-12-8-4-2-6-10-14-21-26(30)31/h15,17,19H,1-14,16,18,20-21H2,(H,28,29)(H,30,31). The van der Waals surface area contributed by atoms with E-state index in [2.05, 4.69) is 12.1 Å². The molecule has 5 heteroatoms. The van der Waals surface area contributed by atoms with Crippen molar-refractivity contribution in [1.29, 1.82) is 0 Å². The van der Waals surface area contributed by atoms with E-state index in [1.54, 1.807) is 0 Å². The number of benzene rings is 1. The van der Waals surface area contributed by atoms with Gasteiger partial charge in [0.05, 0.1) is 0 Å². The number of hydrogen-bond donors (Lipinski definition) is 2. The fourth-order valence-corrected chi connectivity index (χ4v) is 4.34. The van der Waals surface area contributed by atoms with Crippen molar-refractivity contribution in [1.82, 2.24) is 0 Å². The van der Waals surface area contributed by atoms with Gasteiger partial charge >= 0.3 is 11.9 Å². The van der Waals surface area contributed by atoms with Crippen molar-refractivity contribution in [2.45, 2.75) is 116 Å². The number of rotatable bonds is 20. The summed E-state index contributed by atoms with van der Waals surface area (Å²) >= 11 is 6.50. The van der Waals surface area contributed by atoms with Gasteiger partial charge in [-0.2, -0.15) is 0 Å². The molecule has 0 atom stereocenters. The molecule has 1 aromatic rings. The molecule has 176 valence electrons. The average molecular weight is 453 g/mol. The van der Waals surface area contributed by atoms with Crippen LogP contribution in [0.5, 0.6) is 0 Å². The number of aliphatic carboxylic acids is 2. The third kappa shape index (κ3) is 15.0. The van der Waals surface area contributed by atoms with Gasteiger partial charge in [0, 0.05) is 17.9 Å². The van der Waals surface area contributed by atoms with E-state index in [9.17, 15) is 9.59 Å². The molecule has 0 aliphatic rings. The molecular formula is C26H41ClO4. The minimum absolute atomic E-state index is 0.294. The predicted octanol–water partition coefficient (Wildman–Crippen LogP) is 7.84. The Morgan fingerprint density at radius 1 is 0.613 bits per heavy atom. The minimum Gasteiger partial charge on any atom is -0.481 e. The zero-order valence-corrected chi connectivity index (χ0v) is 19.8. The predicted molar refractivity (Wildman–Crippen MR) is 128 cm³/mol. The first-order valence-corrected chi connectivity index (χ1v) is 12.6. The topological polar surface area (TPSA) is 74.6 Å². The molecule has 2 N–H and O–H groups in total. The maximum atomic E-state index is 10.5. The van der Waals surface area contributed by atoms with Crippen LogP contribution in [0.25, 0.3) is 0 Å². The minimum atomic E-state index is -0.691. The van der Waals surface area contributed by atoms with E-state index in [0.29, 0.717) is 12.8 Å². The molecule has 0 heterocycles. The van der Waals surface area contributed by atoms with Crippen LogP contribution in [0, 0.1) is 0 Å². The molecule has 1 aromatic carbocycles. The van der Waals surface area contributed by atoms with Gasteiger partial charge in [-0.15, -0.1) is 0 Å². The van der Waals surface area contributed by atoms with E-state index in [1.807, 2.05) is 6.07 Å². The summed E-state index contributed by atoms with van der Waals surface area (Å²) in [6.07, 6.45) is 18.2. The Morgan fingerprint density at radius 2 is 1.03 bits per heavy atom. The Balaban J connectivity index is 2.15. The molecule has 31 heavy (non-hydrogen) atoms. The number of hydrogen-bond acceptors (Lipinski definition) is 2. The van der Waals surface area contributed by atoms with Crippen molar-refractivity contribution in [3.05, 3.63) is 34.3 Å². The normalized spacial score (nSPS) is 11.0. The molecule has 0 saturated carbocycles. The first kappa shape index (κ1) is 27.5. The van der Waals surface area contributed by atoms with E-state index in [4.69, 9.17) is 21.8 Å². The summed E-state index contributed by atoms with van der Waals surface area (Å²) in [6, 6.07) is 6.27. The van der Waals surface area contributed by atoms with Crippen molar-refractivity contribution in [2.24, 2.45) is 0 Å². The van der Waals surface area contributed by atoms with E-state index >= 15 is 0 Å². The van der Waals surface area contributed by atoms with Gasteiger partial charge in [0.2, 0.25) is 0 Å². The zero-order valence-electron chi connectivity index (χ0n) is 19.0. The van der Waals surface area contributed by atoms with Crippen LogP contribution in [0.15, 0.2) is 18.2 Å². The van der Waals surface area contributed by atoms with E-state index < -0.39 is 11.9 Å². The number of carbonyl (C=O) groups is 2. The monoisotopic (exact) mass is 452 g/mol. The number of unbranched alkanes of at least 4 members (excludes halogenated alkanes) is 12. The van der Waals surface area contributed by atoms with Crippen LogP contribution in [-0.4, -0.2) is 22.2 Å². The third-order valence-electron chi connectivity index (χ3n) is 5.87. The lowest BCUT2D eigenvalue weighted by Gasteiger charge is -2.12. The quantitative estimate of drug-likeness (QED) is 0.197. The fourth-order valence-electron chi connectivity index (χ4n) is 4.05. The van der Waals surface area contributed by atoms with Gasteiger partial charge in [0.1, 0.15) is 0 Å². The molecule has 0 amide bonds. The average Bonchev–Trinajstić information content (AvgIpc) is 2.72. The first-order valence-electron chi connectivity index (χ1n) is 12.2. The van der Waals surface area contributed by atoms with Gasteiger partial charge < -0.3 is 10.2 Å². The highest BCUT2D eigenvalue weighted by Gasteiger charge is 2.07. The Hall–Kier alpha value is -1.55. The lowest BCUT2D eigenvalue weighted by molar-refractivity contribution is -0.138. The Bertz CT molecular complexity index is 630. The molecule has 4 nitrogen and oxygen atoms in total. The Morgan fingerprint density at radius 3 is 1.52 bits per heavy atom. The van der Waals surface area contributed by atoms with Crippen LogP contribution in [0.1, 0.15) is 114 Å². The molecule has 0 aliphatic carbocycles. The third-order valence-corrected chi connectivity index (χ3v) is 6.22. The lowest BCUT2D eigenvalue weighted by atomic mass is 9.96. The lowest BCUT2D eigenvalue weighted by Crippen LogP contribution is -1.97. The van der Waals surface area contributed by atoms with Crippen molar-refractivity contribution in [3.63, 3.8) is 0 Å². The van der Waals surface area contributed by atoms with Crippen LogP contribution in [0.4, 0.5) is 0 Å². The molecule has 0 fully saturated rings. The highest BCUT2D eigenvalue weighted by Crippen LogP contribution is 2.24. The summed E-state index contributed by atoms with van der Waals surface area (Å²) in [5.74, 6) is -1.38. The van der Waals surface area contributed by atoms with Gasteiger partial charge in [-0.1, -0.05) is 87.9 Å². The highest BCUT2D eigenvalue weighted by atomic mass is 35.5. The number of carboxylic acid groups (broad SMARTS) is 2. The summed E-state index contributed by atoms with van der Waals surface area (Å²) in [7, 11) is 0. The maximum absolute atomic E-state index is 10.5. The van der Waals surface area contributed by atoms with E-state index in [0.717, 1.165) is 62.8 Å². The van der Waals surface area contributed by atoms with Gasteiger partial charge in [-0.25, -0.2) is 0 Å². The van der Waals surface area contributed by atoms with Gasteiger partial charge in [-0.3, -0.25) is 9.59 Å². The second-order valence-electron chi connectivity index (χ2n) is 8.61. The largest absolute Gasteiger partial charge is 0.481 e. The summed E-state index contributed by atoms with van der Waals surface area (Å²) in [4.78, 5) is 21.0. The molecule has 1 rings (SSSR count). The zero-order chi connectivity index (χ0) is 22.7. The molecular weight excluding hydrogens is 412 g/mol. The van der Waals surface area contributed by atoms with Crippen LogP contribution >= 0.6 is 11.6 Å². The Labute approximate surface area is 193 Å². The smallest absolute Gasteiger partial charge is 0.303 e. The van der Waals surface area contributed by atoms with Gasteiger partial charge in [0.25, 0.3) is 0 Å². The molecule has 0 bridgehead atoms. The summed E-state index contributed by atoms with van der Waals surface area (Å²) in [5.41, 5.74) is 2.71. The molecule has 0 aliphatic heterocycles. The second kappa shape index (κ2) is 18.1. The SMILES string of the molecule is O=C(O)CCCCCCCCCc1cccc(Cl)c1CCCCCCCCCC(=O)O. The number of carboxylic acids is 2. The molecule has 0 saturated heterocycles. The van der Waals surface area contributed by atoms with E-state index in [-0.39, 0.29) is 0 Å². The molecule has 0 spiro atoms. The molecule has 0 aromatic heterocycles. The van der Waals surface area contributed by atoms with E-state index in [1.165, 1.54) is 56.1 Å². The first-order chi connectivity index (χ1) is 15.0. The van der Waals surface area contributed by atoms with Crippen molar-refractivity contribution in [2.75, 3.05) is 0 Å². The number of aryl methyl sites for hydroxylation is 1. The van der Waals surface area contributed by atoms with Crippen LogP contribution in [0.2, 0.25) is 5.02 Å². The van der Waals surface area contributed by atoms with Gasteiger partial charge in [-0.05, 0) is 55.7 Å². The Kier molecular flexibility index (Phi) is 16.0.